The summed E-state index contributed by atoms with van der Waals surface area (Å²) in [6.45, 7) is 6.45. The maximum Gasteiger partial charge on any atom is 0.138 e. The zero-order valence-corrected chi connectivity index (χ0v) is 10.2. The van der Waals surface area contributed by atoms with Crippen LogP contribution in [0, 0.1) is 6.92 Å². The fourth-order valence-corrected chi connectivity index (χ4v) is 2.12. The van der Waals surface area contributed by atoms with Gasteiger partial charge in [-0.05, 0) is 31.0 Å². The van der Waals surface area contributed by atoms with Crippen LogP contribution in [-0.2, 0) is 0 Å². The minimum Gasteiger partial charge on any atom is -0.383 e. The highest BCUT2D eigenvalue weighted by atomic mass is 15.1. The summed E-state index contributed by atoms with van der Waals surface area (Å²) in [6.07, 6.45) is 4.29. The van der Waals surface area contributed by atoms with E-state index in [9.17, 15) is 0 Å². The molecular formula is C13H19N3. The first-order valence-electron chi connectivity index (χ1n) is 5.87. The van der Waals surface area contributed by atoms with Crippen molar-refractivity contribution in [2.75, 3.05) is 5.73 Å². The average molecular weight is 217 g/mol. The number of nitrogens with zero attached hydrogens (tertiary/aromatic N) is 2. The lowest BCUT2D eigenvalue weighted by molar-refractivity contribution is 0.653. The number of rotatable bonds is 3. The fraction of sp³-hybridized carbons (Fsp3) is 0.462. The number of pyridine rings is 1. The molecule has 16 heavy (non-hydrogen) atoms. The van der Waals surface area contributed by atoms with Gasteiger partial charge in [-0.1, -0.05) is 20.3 Å². The second-order valence-electron chi connectivity index (χ2n) is 4.50. The molecule has 0 spiro atoms. The van der Waals surface area contributed by atoms with E-state index in [-0.39, 0.29) is 0 Å². The third-order valence-electron chi connectivity index (χ3n) is 3.04. The molecule has 3 heteroatoms. The molecular weight excluding hydrogens is 198 g/mol. The highest BCUT2D eigenvalue weighted by Gasteiger charge is 2.14. The summed E-state index contributed by atoms with van der Waals surface area (Å²) in [6, 6.07) is 4.12. The van der Waals surface area contributed by atoms with Crippen molar-refractivity contribution in [3.8, 4) is 0 Å². The van der Waals surface area contributed by atoms with Crippen molar-refractivity contribution in [1.29, 1.82) is 0 Å². The highest BCUT2D eigenvalue weighted by molar-refractivity contribution is 5.54. The fourth-order valence-electron chi connectivity index (χ4n) is 2.12. The lowest BCUT2D eigenvalue weighted by Crippen LogP contribution is -2.00. The van der Waals surface area contributed by atoms with Gasteiger partial charge in [-0.3, -0.25) is 4.40 Å². The van der Waals surface area contributed by atoms with Crippen LogP contribution in [0.3, 0.4) is 0 Å². The minimum absolute atomic E-state index is 0.435. The van der Waals surface area contributed by atoms with Gasteiger partial charge in [-0.15, -0.1) is 0 Å². The summed E-state index contributed by atoms with van der Waals surface area (Å²) in [5, 5.41) is 0. The smallest absolute Gasteiger partial charge is 0.138 e. The number of anilines is 1. The van der Waals surface area contributed by atoms with Gasteiger partial charge in [0.2, 0.25) is 0 Å². The molecule has 3 nitrogen and oxygen atoms in total. The Morgan fingerprint density at radius 2 is 2.25 bits per heavy atom. The third kappa shape index (κ3) is 1.77. The molecule has 0 bridgehead atoms. The van der Waals surface area contributed by atoms with Gasteiger partial charge in [0, 0.05) is 12.1 Å². The van der Waals surface area contributed by atoms with Crippen molar-refractivity contribution in [3.63, 3.8) is 0 Å². The molecule has 0 amide bonds. The van der Waals surface area contributed by atoms with Crippen LogP contribution < -0.4 is 5.73 Å². The summed E-state index contributed by atoms with van der Waals surface area (Å²) in [5.74, 6) is 1.22. The zero-order chi connectivity index (χ0) is 11.7. The topological polar surface area (TPSA) is 43.3 Å². The molecule has 2 rings (SSSR count). The Labute approximate surface area is 96.3 Å². The molecule has 2 N–H and O–H groups in total. The van der Waals surface area contributed by atoms with Crippen LogP contribution in [0.2, 0.25) is 0 Å². The number of nitrogen functional groups attached to an aromatic ring is 1. The van der Waals surface area contributed by atoms with Crippen molar-refractivity contribution in [1.82, 2.24) is 9.38 Å². The summed E-state index contributed by atoms with van der Waals surface area (Å²) in [4.78, 5) is 4.63. The maximum atomic E-state index is 6.12. The molecule has 0 aliphatic heterocycles. The Hall–Kier alpha value is -1.51. The molecule has 0 aliphatic rings. The van der Waals surface area contributed by atoms with Gasteiger partial charge in [0.1, 0.15) is 11.5 Å². The monoisotopic (exact) mass is 217 g/mol. The molecule has 0 fully saturated rings. The first-order valence-corrected chi connectivity index (χ1v) is 5.87. The van der Waals surface area contributed by atoms with Crippen molar-refractivity contribution < 1.29 is 0 Å². The van der Waals surface area contributed by atoms with Crippen LogP contribution in [0.25, 0.3) is 5.65 Å². The molecule has 0 radical (unpaired) electrons. The number of nitrogens with two attached hydrogens (primary N) is 1. The molecule has 0 saturated heterocycles. The van der Waals surface area contributed by atoms with Crippen molar-refractivity contribution in [3.05, 3.63) is 29.6 Å². The van der Waals surface area contributed by atoms with Gasteiger partial charge < -0.3 is 5.73 Å². The van der Waals surface area contributed by atoms with Gasteiger partial charge in [-0.2, -0.15) is 0 Å². The van der Waals surface area contributed by atoms with Crippen LogP contribution in [0.15, 0.2) is 18.3 Å². The lowest BCUT2D eigenvalue weighted by atomic mass is 10.0. The van der Waals surface area contributed by atoms with Crippen molar-refractivity contribution >= 4 is 11.5 Å². The van der Waals surface area contributed by atoms with E-state index in [1.54, 1.807) is 0 Å². The predicted molar refractivity (Wildman–Crippen MR) is 67.7 cm³/mol. The second-order valence-corrected chi connectivity index (χ2v) is 4.50. The predicted octanol–water partition coefficient (Wildman–Crippen LogP) is 3.13. The summed E-state index contributed by atoms with van der Waals surface area (Å²) < 4.78 is 1.97. The van der Waals surface area contributed by atoms with E-state index < -0.39 is 0 Å². The van der Waals surface area contributed by atoms with Crippen LogP contribution >= 0.6 is 0 Å². The van der Waals surface area contributed by atoms with E-state index in [2.05, 4.69) is 37.9 Å². The van der Waals surface area contributed by atoms with Crippen molar-refractivity contribution in [2.45, 2.75) is 39.5 Å². The van der Waals surface area contributed by atoms with E-state index >= 15 is 0 Å². The normalized spacial score (nSPS) is 13.2. The van der Waals surface area contributed by atoms with Gasteiger partial charge >= 0.3 is 0 Å². The number of aromatic nitrogens is 2. The Morgan fingerprint density at radius 1 is 1.50 bits per heavy atom. The molecule has 2 aromatic rings. The van der Waals surface area contributed by atoms with E-state index in [0.29, 0.717) is 5.92 Å². The number of hydrogen-bond acceptors (Lipinski definition) is 2. The van der Waals surface area contributed by atoms with Gasteiger partial charge in [0.05, 0.1) is 5.69 Å². The number of aryl methyl sites for hydroxylation is 1. The number of imidazole rings is 1. The lowest BCUT2D eigenvalue weighted by Gasteiger charge is -2.07. The second kappa shape index (κ2) is 4.16. The van der Waals surface area contributed by atoms with E-state index in [1.807, 2.05) is 10.6 Å². The van der Waals surface area contributed by atoms with Gasteiger partial charge in [0.15, 0.2) is 0 Å². The molecule has 0 saturated carbocycles. The molecule has 2 aromatic heterocycles. The Balaban J connectivity index is 2.51. The summed E-state index contributed by atoms with van der Waals surface area (Å²) >= 11 is 0. The quantitative estimate of drug-likeness (QED) is 0.858. The highest BCUT2D eigenvalue weighted by Crippen LogP contribution is 2.26. The number of hydrogen-bond donors (Lipinski definition) is 1. The molecule has 1 unspecified atom stereocenters. The summed E-state index contributed by atoms with van der Waals surface area (Å²) in [5.41, 5.74) is 9.32. The molecule has 2 heterocycles. The van der Waals surface area contributed by atoms with Crippen LogP contribution in [0.1, 0.15) is 43.9 Å². The van der Waals surface area contributed by atoms with Crippen LogP contribution in [0.4, 0.5) is 5.82 Å². The Morgan fingerprint density at radius 3 is 2.94 bits per heavy atom. The molecule has 86 valence electrons. The third-order valence-corrected chi connectivity index (χ3v) is 3.04. The van der Waals surface area contributed by atoms with Gasteiger partial charge in [-0.25, -0.2) is 4.98 Å². The van der Waals surface area contributed by atoms with E-state index in [0.717, 1.165) is 30.0 Å². The largest absolute Gasteiger partial charge is 0.383 e. The zero-order valence-electron chi connectivity index (χ0n) is 10.2. The molecule has 0 aromatic carbocycles. The van der Waals surface area contributed by atoms with E-state index in [1.165, 1.54) is 5.56 Å². The standard InChI is InChI=1S/C13H19N3/c1-4-5-10(3)12-13(14)16-7-6-9(2)8-11(16)15-12/h6-8,10H,4-5,14H2,1-3H3. The first kappa shape index (κ1) is 11.0. The minimum atomic E-state index is 0.435. The number of fused-ring (bicyclic) bond motifs is 1. The Bertz CT molecular complexity index is 499. The maximum absolute atomic E-state index is 6.12. The molecule has 1 atom stereocenters. The SMILES string of the molecule is CCCC(C)c1nc2cc(C)ccn2c1N. The van der Waals surface area contributed by atoms with Crippen LogP contribution in [0.5, 0.6) is 0 Å². The average Bonchev–Trinajstić information content (AvgIpc) is 2.56. The van der Waals surface area contributed by atoms with Crippen molar-refractivity contribution in [2.24, 2.45) is 0 Å². The van der Waals surface area contributed by atoms with Gasteiger partial charge in [0.25, 0.3) is 0 Å². The summed E-state index contributed by atoms with van der Waals surface area (Å²) in [7, 11) is 0. The Kier molecular flexibility index (Phi) is 2.86. The first-order chi connectivity index (χ1) is 7.63. The van der Waals surface area contributed by atoms with Crippen LogP contribution in [-0.4, -0.2) is 9.38 Å². The van der Waals surface area contributed by atoms with E-state index in [4.69, 9.17) is 5.73 Å². The molecule has 0 aliphatic carbocycles.